The van der Waals surface area contributed by atoms with Gasteiger partial charge in [0.25, 0.3) is 10.0 Å². The Labute approximate surface area is 153 Å². The van der Waals surface area contributed by atoms with Crippen LogP contribution >= 0.6 is 11.6 Å². The summed E-state index contributed by atoms with van der Waals surface area (Å²) in [5, 5.41) is 0.270. The number of nitrogens with zero attached hydrogens (tertiary/aromatic N) is 1. The van der Waals surface area contributed by atoms with Crippen LogP contribution in [0.15, 0.2) is 58.3 Å². The molecule has 6 nitrogen and oxygen atoms in total. The van der Waals surface area contributed by atoms with E-state index in [4.69, 9.17) is 11.6 Å². The molecule has 0 radical (unpaired) electrons. The summed E-state index contributed by atoms with van der Waals surface area (Å²) in [4.78, 5) is -0.00110. The molecule has 0 atom stereocenters. The molecule has 0 saturated heterocycles. The number of para-hydroxylation sites is 1. The van der Waals surface area contributed by atoms with Crippen molar-refractivity contribution in [3.05, 3.63) is 53.6 Å². The highest BCUT2D eigenvalue weighted by atomic mass is 35.5. The summed E-state index contributed by atoms with van der Waals surface area (Å²) in [7, 11) is -7.50. The van der Waals surface area contributed by atoms with Crippen LogP contribution in [-0.2, 0) is 20.0 Å². The molecule has 0 heterocycles. The highest BCUT2D eigenvalue weighted by molar-refractivity contribution is 7.92. The monoisotopic (exact) mass is 402 g/mol. The highest BCUT2D eigenvalue weighted by Crippen LogP contribution is 2.25. The van der Waals surface area contributed by atoms with E-state index in [1.807, 2.05) is 0 Å². The first-order valence-electron chi connectivity index (χ1n) is 7.60. The topological polar surface area (TPSA) is 83.6 Å². The molecule has 0 aromatic heterocycles. The lowest BCUT2D eigenvalue weighted by atomic mass is 10.3. The Hall–Kier alpha value is -1.61. The fraction of sp³-hybridized carbons (Fsp3) is 0.250. The first kappa shape index (κ1) is 19.7. The number of sulfonamides is 2. The van der Waals surface area contributed by atoms with Crippen molar-refractivity contribution < 1.29 is 16.8 Å². The van der Waals surface area contributed by atoms with Crippen LogP contribution < -0.4 is 4.72 Å². The maximum Gasteiger partial charge on any atom is 0.261 e. The average molecular weight is 403 g/mol. The van der Waals surface area contributed by atoms with Crippen LogP contribution in [0.25, 0.3) is 0 Å². The van der Waals surface area contributed by atoms with Crippen molar-refractivity contribution in [1.29, 1.82) is 0 Å². The van der Waals surface area contributed by atoms with Gasteiger partial charge in [0.15, 0.2) is 0 Å². The van der Waals surface area contributed by atoms with Crippen LogP contribution in [-0.4, -0.2) is 34.2 Å². The third kappa shape index (κ3) is 4.33. The number of nitrogens with one attached hydrogen (secondary N) is 1. The molecule has 2 aromatic carbocycles. The molecule has 0 spiro atoms. The summed E-state index contributed by atoms with van der Waals surface area (Å²) in [6.07, 6.45) is 0. The first-order chi connectivity index (χ1) is 11.7. The fourth-order valence-electron chi connectivity index (χ4n) is 2.25. The molecule has 0 bridgehead atoms. The van der Waals surface area contributed by atoms with E-state index >= 15 is 0 Å². The van der Waals surface area contributed by atoms with E-state index in [-0.39, 0.29) is 20.5 Å². The Balaban J connectivity index is 2.32. The molecule has 1 N–H and O–H groups in total. The van der Waals surface area contributed by atoms with Gasteiger partial charge in [-0.2, -0.15) is 4.31 Å². The lowest BCUT2D eigenvalue weighted by molar-refractivity contribution is 0.445. The zero-order valence-electron chi connectivity index (χ0n) is 13.8. The summed E-state index contributed by atoms with van der Waals surface area (Å²) >= 11 is 5.96. The Morgan fingerprint density at radius 1 is 0.880 bits per heavy atom. The van der Waals surface area contributed by atoms with Gasteiger partial charge in [-0.1, -0.05) is 37.6 Å². The zero-order chi connectivity index (χ0) is 18.7. The summed E-state index contributed by atoms with van der Waals surface area (Å²) < 4.78 is 53.4. The van der Waals surface area contributed by atoms with Crippen molar-refractivity contribution in [2.75, 3.05) is 17.8 Å². The van der Waals surface area contributed by atoms with Gasteiger partial charge < -0.3 is 0 Å². The van der Waals surface area contributed by atoms with Crippen molar-refractivity contribution in [3.63, 3.8) is 0 Å². The van der Waals surface area contributed by atoms with E-state index in [0.717, 1.165) is 0 Å². The van der Waals surface area contributed by atoms with Gasteiger partial charge in [-0.05, 0) is 36.4 Å². The van der Waals surface area contributed by atoms with Crippen molar-refractivity contribution in [2.45, 2.75) is 23.6 Å². The molecule has 2 aromatic rings. The van der Waals surface area contributed by atoms with Gasteiger partial charge in [0.05, 0.1) is 20.5 Å². The van der Waals surface area contributed by atoms with Crippen molar-refractivity contribution in [2.24, 2.45) is 0 Å². The SMILES string of the molecule is CCN(CC)S(=O)(=O)c1ccc(S(=O)(=O)Nc2ccccc2Cl)cc1. The van der Waals surface area contributed by atoms with E-state index in [9.17, 15) is 16.8 Å². The van der Waals surface area contributed by atoms with Crippen LogP contribution in [0.2, 0.25) is 5.02 Å². The minimum Gasteiger partial charge on any atom is -0.278 e. The quantitative estimate of drug-likeness (QED) is 0.770. The predicted octanol–water partition coefficient (Wildman–Crippen LogP) is 3.17. The van der Waals surface area contributed by atoms with E-state index in [1.54, 1.807) is 38.1 Å². The standard InChI is InChI=1S/C16H19ClN2O4S2/c1-3-19(4-2)25(22,23)14-11-9-13(10-12-14)24(20,21)18-16-8-6-5-7-15(16)17/h5-12,18H,3-4H2,1-2H3. The van der Waals surface area contributed by atoms with Crippen LogP contribution in [0.5, 0.6) is 0 Å². The molecule has 0 fully saturated rings. The average Bonchev–Trinajstić information content (AvgIpc) is 2.58. The van der Waals surface area contributed by atoms with Crippen molar-refractivity contribution in [1.82, 2.24) is 4.31 Å². The van der Waals surface area contributed by atoms with Gasteiger partial charge in [0.2, 0.25) is 10.0 Å². The van der Waals surface area contributed by atoms with Crippen molar-refractivity contribution >= 4 is 37.3 Å². The molecule has 0 aliphatic carbocycles. The summed E-state index contributed by atoms with van der Waals surface area (Å²) in [5.74, 6) is 0. The van der Waals surface area contributed by atoms with Gasteiger partial charge in [0.1, 0.15) is 0 Å². The second-order valence-corrected chi connectivity index (χ2v) is 9.17. The van der Waals surface area contributed by atoms with E-state index in [1.165, 1.54) is 28.6 Å². The minimum atomic E-state index is -3.87. The number of benzene rings is 2. The van der Waals surface area contributed by atoms with Crippen LogP contribution in [0.1, 0.15) is 13.8 Å². The van der Waals surface area contributed by atoms with Crippen LogP contribution in [0, 0.1) is 0 Å². The smallest absolute Gasteiger partial charge is 0.261 e. The maximum absolute atomic E-state index is 12.4. The second kappa shape index (κ2) is 7.74. The fourth-order valence-corrected chi connectivity index (χ4v) is 5.03. The summed E-state index contributed by atoms with van der Waals surface area (Å²) in [5.41, 5.74) is 0.254. The van der Waals surface area contributed by atoms with Gasteiger partial charge in [-0.3, -0.25) is 4.72 Å². The van der Waals surface area contributed by atoms with E-state index in [0.29, 0.717) is 13.1 Å². The normalized spacial score (nSPS) is 12.3. The summed E-state index contributed by atoms with van der Waals surface area (Å²) in [6, 6.07) is 11.5. The zero-order valence-corrected chi connectivity index (χ0v) is 16.2. The van der Waals surface area contributed by atoms with Gasteiger partial charge in [0, 0.05) is 13.1 Å². The molecular formula is C16H19ClN2O4S2. The Morgan fingerprint density at radius 2 is 1.40 bits per heavy atom. The lowest BCUT2D eigenvalue weighted by Crippen LogP contribution is -2.30. The second-order valence-electron chi connectivity index (χ2n) is 5.15. The van der Waals surface area contributed by atoms with Crippen LogP contribution in [0.4, 0.5) is 5.69 Å². The number of rotatable bonds is 7. The summed E-state index contributed by atoms with van der Waals surface area (Å²) in [6.45, 7) is 4.17. The number of halogens is 1. The van der Waals surface area contributed by atoms with Crippen LogP contribution in [0.3, 0.4) is 0 Å². The minimum absolute atomic E-state index is 0.0490. The first-order valence-corrected chi connectivity index (χ1v) is 10.9. The Kier molecular flexibility index (Phi) is 6.10. The lowest BCUT2D eigenvalue weighted by Gasteiger charge is -2.18. The van der Waals surface area contributed by atoms with Crippen molar-refractivity contribution in [3.8, 4) is 0 Å². The van der Waals surface area contributed by atoms with E-state index in [2.05, 4.69) is 4.72 Å². The number of hydrogen-bond donors (Lipinski definition) is 1. The molecule has 136 valence electrons. The van der Waals surface area contributed by atoms with Gasteiger partial charge in [-0.15, -0.1) is 0 Å². The third-order valence-electron chi connectivity index (χ3n) is 3.60. The maximum atomic E-state index is 12.4. The predicted molar refractivity (Wildman–Crippen MR) is 98.8 cm³/mol. The highest BCUT2D eigenvalue weighted by Gasteiger charge is 2.23. The molecule has 9 heteroatoms. The molecule has 2 rings (SSSR count). The Morgan fingerprint density at radius 3 is 1.92 bits per heavy atom. The molecule has 25 heavy (non-hydrogen) atoms. The molecule has 0 unspecified atom stereocenters. The Bertz CT molecular complexity index is 938. The molecule has 0 amide bonds. The molecule has 0 aliphatic rings. The van der Waals surface area contributed by atoms with Gasteiger partial charge >= 0.3 is 0 Å². The van der Waals surface area contributed by atoms with E-state index < -0.39 is 20.0 Å². The molecular weight excluding hydrogens is 384 g/mol. The third-order valence-corrected chi connectivity index (χ3v) is 7.37. The number of anilines is 1. The molecule has 0 aliphatic heterocycles. The number of hydrogen-bond acceptors (Lipinski definition) is 4. The molecule has 0 saturated carbocycles. The van der Waals surface area contributed by atoms with Gasteiger partial charge in [-0.25, -0.2) is 16.8 Å². The largest absolute Gasteiger partial charge is 0.278 e.